The molecule has 182 valence electrons. The van der Waals surface area contributed by atoms with E-state index in [1.54, 1.807) is 42.7 Å². The highest BCUT2D eigenvalue weighted by atomic mass is 16.5. The summed E-state index contributed by atoms with van der Waals surface area (Å²) >= 11 is 0. The van der Waals surface area contributed by atoms with Crippen LogP contribution in [0.15, 0.2) is 18.2 Å². The number of ether oxygens (including phenoxy) is 6. The predicted octanol–water partition coefficient (Wildman–Crippen LogP) is 5.82. The Morgan fingerprint density at radius 3 is 1.94 bits per heavy atom. The summed E-state index contributed by atoms with van der Waals surface area (Å²) < 4.78 is 33.9. The zero-order valence-corrected chi connectivity index (χ0v) is 21.1. The van der Waals surface area contributed by atoms with Gasteiger partial charge in [-0.2, -0.15) is 0 Å². The van der Waals surface area contributed by atoms with Gasteiger partial charge in [0, 0.05) is 5.56 Å². The van der Waals surface area contributed by atoms with E-state index in [-0.39, 0.29) is 0 Å². The lowest BCUT2D eigenvalue weighted by atomic mass is 9.84. The van der Waals surface area contributed by atoms with E-state index in [0.29, 0.717) is 29.1 Å². The third-order valence-corrected chi connectivity index (χ3v) is 6.84. The zero-order chi connectivity index (χ0) is 24.0. The highest BCUT2D eigenvalue weighted by molar-refractivity contribution is 5.62. The van der Waals surface area contributed by atoms with Crippen LogP contribution in [0.1, 0.15) is 55.2 Å². The molecule has 0 aromatic heterocycles. The van der Waals surface area contributed by atoms with Crippen molar-refractivity contribution in [3.8, 4) is 34.5 Å². The molecule has 0 fully saturated rings. The Kier molecular flexibility index (Phi) is 8.59. The zero-order valence-electron chi connectivity index (χ0n) is 21.1. The molecule has 0 aliphatic heterocycles. The number of hydrogen-bond acceptors (Lipinski definition) is 6. The molecule has 6 heteroatoms. The second-order valence-corrected chi connectivity index (χ2v) is 8.46. The van der Waals surface area contributed by atoms with Gasteiger partial charge in [-0.25, -0.2) is 0 Å². The lowest BCUT2D eigenvalue weighted by Crippen LogP contribution is -2.10. The van der Waals surface area contributed by atoms with E-state index < -0.39 is 0 Å². The standard InChI is InChI=1S/C27H38O6/c1-8-9-10-18-15-21-20(16-23(29-3)27(33-7)25(21)31-5)19(18)13-11-17-12-14-22(28-2)26(32-6)24(17)30-4/h12,14,16,18-19H,8-11,13,15H2,1-7H3. The van der Waals surface area contributed by atoms with Crippen molar-refractivity contribution in [2.24, 2.45) is 5.92 Å². The van der Waals surface area contributed by atoms with Crippen molar-refractivity contribution in [3.05, 3.63) is 34.9 Å². The maximum absolute atomic E-state index is 5.82. The third kappa shape index (κ3) is 4.80. The summed E-state index contributed by atoms with van der Waals surface area (Å²) in [7, 11) is 10.0. The van der Waals surface area contributed by atoms with Crippen molar-refractivity contribution in [1.29, 1.82) is 0 Å². The number of hydrogen-bond donors (Lipinski definition) is 0. The smallest absolute Gasteiger partial charge is 0.203 e. The molecule has 2 aromatic carbocycles. The van der Waals surface area contributed by atoms with Crippen LogP contribution in [-0.4, -0.2) is 42.7 Å². The summed E-state index contributed by atoms with van der Waals surface area (Å²) in [6.07, 6.45) is 6.44. The van der Waals surface area contributed by atoms with Gasteiger partial charge in [0.15, 0.2) is 23.0 Å². The van der Waals surface area contributed by atoms with E-state index in [2.05, 4.69) is 19.1 Å². The fourth-order valence-electron chi connectivity index (χ4n) is 5.27. The molecule has 2 unspecified atom stereocenters. The van der Waals surface area contributed by atoms with Gasteiger partial charge in [-0.3, -0.25) is 0 Å². The Balaban J connectivity index is 1.98. The molecule has 1 aliphatic rings. The van der Waals surface area contributed by atoms with E-state index in [4.69, 9.17) is 28.4 Å². The lowest BCUT2D eigenvalue weighted by Gasteiger charge is -2.22. The molecule has 0 saturated heterocycles. The molecule has 2 aromatic rings. The van der Waals surface area contributed by atoms with Gasteiger partial charge in [0.05, 0.1) is 42.7 Å². The van der Waals surface area contributed by atoms with Crippen LogP contribution in [0.4, 0.5) is 0 Å². The molecule has 33 heavy (non-hydrogen) atoms. The number of rotatable bonds is 12. The van der Waals surface area contributed by atoms with Crippen molar-refractivity contribution in [1.82, 2.24) is 0 Å². The molecule has 0 N–H and O–H groups in total. The summed E-state index contributed by atoms with van der Waals surface area (Å²) in [5.41, 5.74) is 3.68. The summed E-state index contributed by atoms with van der Waals surface area (Å²) in [4.78, 5) is 0. The van der Waals surface area contributed by atoms with Crippen LogP contribution >= 0.6 is 0 Å². The minimum absolute atomic E-state index is 0.401. The van der Waals surface area contributed by atoms with Crippen molar-refractivity contribution in [2.75, 3.05) is 42.7 Å². The quantitative estimate of drug-likeness (QED) is 0.400. The van der Waals surface area contributed by atoms with Crippen LogP contribution in [0.2, 0.25) is 0 Å². The molecule has 6 nitrogen and oxygen atoms in total. The molecule has 0 amide bonds. The van der Waals surface area contributed by atoms with Crippen LogP contribution < -0.4 is 28.4 Å². The van der Waals surface area contributed by atoms with Gasteiger partial charge < -0.3 is 28.4 Å². The van der Waals surface area contributed by atoms with Gasteiger partial charge in [-0.1, -0.05) is 25.8 Å². The van der Waals surface area contributed by atoms with Gasteiger partial charge in [0.2, 0.25) is 11.5 Å². The van der Waals surface area contributed by atoms with Crippen LogP contribution in [0.5, 0.6) is 34.5 Å². The van der Waals surface area contributed by atoms with Crippen LogP contribution in [0, 0.1) is 5.92 Å². The fourth-order valence-corrected chi connectivity index (χ4v) is 5.27. The minimum atomic E-state index is 0.401. The number of unbranched alkanes of at least 4 members (excludes halogenated alkanes) is 1. The van der Waals surface area contributed by atoms with Gasteiger partial charge in [0.1, 0.15) is 0 Å². The molecular formula is C27H38O6. The monoisotopic (exact) mass is 458 g/mol. The molecule has 1 aliphatic carbocycles. The van der Waals surface area contributed by atoms with Gasteiger partial charge >= 0.3 is 0 Å². The summed E-state index contributed by atoms with van der Waals surface area (Å²) in [5.74, 6) is 5.21. The van der Waals surface area contributed by atoms with E-state index in [9.17, 15) is 0 Å². The van der Waals surface area contributed by atoms with Crippen molar-refractivity contribution >= 4 is 0 Å². The number of fused-ring (bicyclic) bond motifs is 1. The fraction of sp³-hybridized carbons (Fsp3) is 0.556. The first-order valence-corrected chi connectivity index (χ1v) is 11.7. The highest BCUT2D eigenvalue weighted by Gasteiger charge is 2.36. The topological polar surface area (TPSA) is 55.4 Å². The average Bonchev–Trinajstić information content (AvgIpc) is 3.20. The molecule has 3 rings (SSSR count). The van der Waals surface area contributed by atoms with Crippen LogP contribution in [0.25, 0.3) is 0 Å². The van der Waals surface area contributed by atoms with E-state index in [1.165, 1.54) is 30.4 Å². The van der Waals surface area contributed by atoms with Crippen molar-refractivity contribution in [3.63, 3.8) is 0 Å². The molecule has 0 heterocycles. The lowest BCUT2D eigenvalue weighted by molar-refractivity contribution is 0.321. The summed E-state index contributed by atoms with van der Waals surface area (Å²) in [6, 6.07) is 6.18. The molecule has 0 radical (unpaired) electrons. The first-order chi connectivity index (χ1) is 16.1. The molecule has 0 spiro atoms. The van der Waals surface area contributed by atoms with E-state index >= 15 is 0 Å². The van der Waals surface area contributed by atoms with Gasteiger partial charge in [0.25, 0.3) is 0 Å². The number of methoxy groups -OCH3 is 6. The number of aryl methyl sites for hydroxylation is 1. The maximum atomic E-state index is 5.82. The third-order valence-electron chi connectivity index (χ3n) is 6.84. The van der Waals surface area contributed by atoms with Gasteiger partial charge in [-0.05, 0) is 60.8 Å². The first kappa shape index (κ1) is 24.9. The highest BCUT2D eigenvalue weighted by Crippen LogP contribution is 2.53. The Labute approximate surface area is 198 Å². The summed E-state index contributed by atoms with van der Waals surface area (Å²) in [5, 5.41) is 0. The predicted molar refractivity (Wildman–Crippen MR) is 130 cm³/mol. The molecular weight excluding hydrogens is 420 g/mol. The SMILES string of the molecule is CCCCC1Cc2c(cc(OC)c(OC)c2OC)C1CCc1ccc(OC)c(OC)c1OC. The Bertz CT molecular complexity index is 939. The normalized spacial score (nSPS) is 16.8. The number of benzene rings is 2. The van der Waals surface area contributed by atoms with Crippen molar-refractivity contribution in [2.45, 2.75) is 51.4 Å². The molecule has 2 atom stereocenters. The van der Waals surface area contributed by atoms with E-state index in [1.807, 2.05) is 6.07 Å². The second-order valence-electron chi connectivity index (χ2n) is 8.46. The van der Waals surface area contributed by atoms with Gasteiger partial charge in [-0.15, -0.1) is 0 Å². The second kappa shape index (κ2) is 11.4. The Hall–Kier alpha value is -2.76. The van der Waals surface area contributed by atoms with Crippen molar-refractivity contribution < 1.29 is 28.4 Å². The molecule has 0 bridgehead atoms. The summed E-state index contributed by atoms with van der Waals surface area (Å²) in [6.45, 7) is 2.25. The largest absolute Gasteiger partial charge is 0.493 e. The average molecular weight is 459 g/mol. The maximum Gasteiger partial charge on any atom is 0.203 e. The van der Waals surface area contributed by atoms with E-state index in [0.717, 1.165) is 42.1 Å². The van der Waals surface area contributed by atoms with Crippen LogP contribution in [0.3, 0.4) is 0 Å². The first-order valence-electron chi connectivity index (χ1n) is 11.7. The Morgan fingerprint density at radius 1 is 0.727 bits per heavy atom. The van der Waals surface area contributed by atoms with Crippen LogP contribution in [-0.2, 0) is 12.8 Å². The molecule has 0 saturated carbocycles. The Morgan fingerprint density at radius 2 is 1.36 bits per heavy atom. The minimum Gasteiger partial charge on any atom is -0.493 e.